The van der Waals surface area contributed by atoms with Gasteiger partial charge < -0.3 is 0 Å². The van der Waals surface area contributed by atoms with E-state index in [9.17, 15) is 0 Å². The van der Waals surface area contributed by atoms with Gasteiger partial charge in [0.25, 0.3) is 0 Å². The molecule has 0 atom stereocenters. The van der Waals surface area contributed by atoms with Crippen molar-refractivity contribution in [2.45, 2.75) is 13.5 Å². The van der Waals surface area contributed by atoms with Crippen LogP contribution in [-0.2, 0) is 25.9 Å². The van der Waals surface area contributed by atoms with E-state index in [-0.39, 0.29) is 0 Å². The van der Waals surface area contributed by atoms with E-state index < -0.39 is 0 Å². The summed E-state index contributed by atoms with van der Waals surface area (Å²) >= 11 is 1.53. The summed E-state index contributed by atoms with van der Waals surface area (Å²) in [5.41, 5.74) is 0. The second-order valence-corrected chi connectivity index (χ2v) is 3.33. The molecule has 0 aliphatic carbocycles. The molecule has 2 heteroatoms. The Morgan fingerprint density at radius 3 is 2.78 bits per heavy atom. The molecular formula is C7H9NW. The second kappa shape index (κ2) is 3.12. The summed E-state index contributed by atoms with van der Waals surface area (Å²) in [6.45, 7) is 3.24. The van der Waals surface area contributed by atoms with Crippen LogP contribution >= 0.6 is 0 Å². The predicted octanol–water partition coefficient (Wildman–Crippen LogP) is 1.59. The number of hydrogen-bond donors (Lipinski definition) is 0. The molecule has 0 saturated carbocycles. The second-order valence-electron chi connectivity index (χ2n) is 1.82. The van der Waals surface area contributed by atoms with Gasteiger partial charge in [-0.15, -0.1) is 0 Å². The van der Waals surface area contributed by atoms with Gasteiger partial charge in [-0.05, 0) is 0 Å². The zero-order valence-corrected chi connectivity index (χ0v) is 8.31. The molecule has 0 N–H and O–H groups in total. The topological polar surface area (TPSA) is 4.93 Å². The molecule has 0 saturated heterocycles. The van der Waals surface area contributed by atoms with Crippen molar-refractivity contribution in [3.8, 4) is 0 Å². The van der Waals surface area contributed by atoms with Gasteiger partial charge in [0, 0.05) is 0 Å². The van der Waals surface area contributed by atoms with Gasteiger partial charge in [0.2, 0.25) is 0 Å². The van der Waals surface area contributed by atoms with Crippen LogP contribution in [0.25, 0.3) is 0 Å². The van der Waals surface area contributed by atoms with Crippen LogP contribution in [0.4, 0.5) is 0 Å². The SMILES string of the molecule is CCn1cccc[c]1=[W]. The fourth-order valence-corrected chi connectivity index (χ4v) is 1.69. The minimum atomic E-state index is 1.08. The minimum absolute atomic E-state index is 1.08. The monoisotopic (exact) mass is 291 g/mol. The van der Waals surface area contributed by atoms with E-state index >= 15 is 0 Å². The molecule has 1 aromatic heterocycles. The number of aryl methyl sites for hydroxylation is 1. The summed E-state index contributed by atoms with van der Waals surface area (Å²) in [6, 6.07) is 6.29. The van der Waals surface area contributed by atoms with Gasteiger partial charge in [-0.25, -0.2) is 0 Å². The fourth-order valence-electron chi connectivity index (χ4n) is 0.722. The van der Waals surface area contributed by atoms with Crippen molar-refractivity contribution in [1.82, 2.24) is 4.57 Å². The predicted molar refractivity (Wildman–Crippen MR) is 33.3 cm³/mol. The molecule has 0 aliphatic heterocycles. The molecule has 0 bridgehead atoms. The van der Waals surface area contributed by atoms with Crippen LogP contribution < -0.4 is 0 Å². The Kier molecular flexibility index (Phi) is 2.41. The third-order valence-electron chi connectivity index (χ3n) is 1.24. The average molecular weight is 291 g/mol. The molecule has 0 aromatic carbocycles. The van der Waals surface area contributed by atoms with Crippen LogP contribution in [0.2, 0.25) is 0 Å². The molecule has 0 aliphatic rings. The third-order valence-corrected chi connectivity index (χ3v) is 2.57. The van der Waals surface area contributed by atoms with Gasteiger partial charge in [0.1, 0.15) is 0 Å². The molecule has 9 heavy (non-hydrogen) atoms. The van der Waals surface area contributed by atoms with Crippen molar-refractivity contribution in [3.05, 3.63) is 28.1 Å². The van der Waals surface area contributed by atoms with Crippen molar-refractivity contribution in [1.29, 1.82) is 0 Å². The number of rotatable bonds is 1. The number of aromatic nitrogens is 1. The fraction of sp³-hybridized carbons (Fsp3) is 0.286. The molecule has 0 spiro atoms. The van der Waals surface area contributed by atoms with Crippen molar-refractivity contribution in [2.24, 2.45) is 0 Å². The van der Waals surface area contributed by atoms with E-state index in [1.54, 1.807) is 0 Å². The first-order valence-electron chi connectivity index (χ1n) is 3.00. The maximum absolute atomic E-state index is 2.25. The van der Waals surface area contributed by atoms with Crippen molar-refractivity contribution in [2.75, 3.05) is 0 Å². The molecule has 48 valence electrons. The van der Waals surface area contributed by atoms with Crippen LogP contribution in [0, 0.1) is 3.67 Å². The van der Waals surface area contributed by atoms with Crippen LogP contribution in [0.5, 0.6) is 0 Å². The Bertz CT molecular complexity index is 239. The van der Waals surface area contributed by atoms with E-state index in [4.69, 9.17) is 0 Å². The quantitative estimate of drug-likeness (QED) is 0.740. The van der Waals surface area contributed by atoms with Crippen LogP contribution in [0.1, 0.15) is 6.92 Å². The van der Waals surface area contributed by atoms with Gasteiger partial charge in [0.05, 0.1) is 0 Å². The molecule has 0 radical (unpaired) electrons. The third kappa shape index (κ3) is 1.62. The summed E-state index contributed by atoms with van der Waals surface area (Å²) in [7, 11) is 0. The van der Waals surface area contributed by atoms with Gasteiger partial charge in [-0.3, -0.25) is 0 Å². The van der Waals surface area contributed by atoms with E-state index in [1.807, 2.05) is 0 Å². The van der Waals surface area contributed by atoms with Gasteiger partial charge in [0.15, 0.2) is 0 Å². The average Bonchev–Trinajstić information content (AvgIpc) is 1.89. The van der Waals surface area contributed by atoms with Gasteiger partial charge >= 0.3 is 65.5 Å². The zero-order chi connectivity index (χ0) is 6.69. The maximum atomic E-state index is 2.25. The van der Waals surface area contributed by atoms with Gasteiger partial charge in [-0.2, -0.15) is 0 Å². The van der Waals surface area contributed by atoms with Crippen molar-refractivity contribution in [3.63, 3.8) is 0 Å². The first-order valence-corrected chi connectivity index (χ1v) is 4.46. The summed E-state index contributed by atoms with van der Waals surface area (Å²) in [4.78, 5) is 0. The van der Waals surface area contributed by atoms with Crippen LogP contribution in [0.15, 0.2) is 24.4 Å². The van der Waals surface area contributed by atoms with Crippen molar-refractivity contribution >= 4 is 0 Å². The summed E-state index contributed by atoms with van der Waals surface area (Å²) in [5, 5.41) is 0. The summed E-state index contributed by atoms with van der Waals surface area (Å²) in [6.07, 6.45) is 2.11. The Morgan fingerprint density at radius 1 is 1.56 bits per heavy atom. The zero-order valence-electron chi connectivity index (χ0n) is 5.37. The standard InChI is InChI=1S/C7H9N.W/c1-2-8-6-4-3-5-7-8;/h3-6H,2H2,1H3;. The Labute approximate surface area is 65.7 Å². The summed E-state index contributed by atoms with van der Waals surface area (Å²) < 4.78 is 3.65. The van der Waals surface area contributed by atoms with E-state index in [0.29, 0.717) is 0 Å². The number of nitrogens with zero attached hydrogens (tertiary/aromatic N) is 1. The molecule has 0 fully saturated rings. The first-order chi connectivity index (χ1) is 4.34. The Balaban J connectivity index is 3.16. The Morgan fingerprint density at radius 2 is 2.33 bits per heavy atom. The normalized spacial score (nSPS) is 9.44. The molecule has 1 rings (SSSR count). The molecule has 1 heterocycles. The molecule has 1 aromatic rings. The van der Waals surface area contributed by atoms with Crippen molar-refractivity contribution < 1.29 is 19.4 Å². The van der Waals surface area contributed by atoms with Gasteiger partial charge in [-0.1, -0.05) is 0 Å². The van der Waals surface area contributed by atoms with Crippen LogP contribution in [-0.4, -0.2) is 4.57 Å². The molecule has 0 unspecified atom stereocenters. The molecular weight excluding hydrogens is 282 g/mol. The first kappa shape index (κ1) is 6.95. The van der Waals surface area contributed by atoms with Crippen LogP contribution in [0.3, 0.4) is 0 Å². The number of hydrogen-bond acceptors (Lipinski definition) is 0. The molecule has 1 nitrogen and oxygen atoms in total. The number of pyridine rings is 1. The summed E-state index contributed by atoms with van der Waals surface area (Å²) in [5.74, 6) is 0. The van der Waals surface area contributed by atoms with E-state index in [1.165, 1.54) is 23.0 Å². The van der Waals surface area contributed by atoms with E-state index in [0.717, 1.165) is 6.54 Å². The van der Waals surface area contributed by atoms with E-state index in [2.05, 4.69) is 35.9 Å². The Hall–Kier alpha value is -0.162. The molecule has 0 amide bonds.